The summed E-state index contributed by atoms with van der Waals surface area (Å²) in [4.78, 5) is 4.07. The topological polar surface area (TPSA) is 34.1 Å². The maximum Gasteiger partial charge on any atom is 0.214 e. The van der Waals surface area contributed by atoms with Crippen molar-refractivity contribution in [3.8, 4) is 5.88 Å². The summed E-state index contributed by atoms with van der Waals surface area (Å²) >= 11 is 1.71. The first-order valence-corrected chi connectivity index (χ1v) is 6.02. The van der Waals surface area contributed by atoms with Gasteiger partial charge in [0.05, 0.1) is 7.11 Å². The minimum Gasteiger partial charge on any atom is -0.481 e. The summed E-state index contributed by atoms with van der Waals surface area (Å²) in [7, 11) is 1.62. The number of nitrogens with zero attached hydrogens (tertiary/aromatic N) is 1. The Morgan fingerprint density at radius 2 is 2.31 bits per heavy atom. The molecule has 0 spiro atoms. The van der Waals surface area contributed by atoms with Crippen LogP contribution in [0.5, 0.6) is 5.88 Å². The molecule has 0 amide bonds. The normalized spacial score (nSPS) is 12.1. The van der Waals surface area contributed by atoms with Gasteiger partial charge in [-0.2, -0.15) is 11.3 Å². The van der Waals surface area contributed by atoms with E-state index in [0.29, 0.717) is 11.9 Å². The Labute approximate surface area is 99.1 Å². The molecule has 84 valence electrons. The van der Waals surface area contributed by atoms with Crippen molar-refractivity contribution in [1.29, 1.82) is 0 Å². The fraction of sp³-hybridized carbons (Fsp3) is 0.250. The fourth-order valence-corrected chi connectivity index (χ4v) is 2.22. The van der Waals surface area contributed by atoms with Gasteiger partial charge in [0.2, 0.25) is 5.88 Å². The predicted octanol–water partition coefficient (Wildman–Crippen LogP) is 3.32. The highest BCUT2D eigenvalue weighted by Gasteiger charge is 2.05. The van der Waals surface area contributed by atoms with Gasteiger partial charge >= 0.3 is 0 Å². The van der Waals surface area contributed by atoms with Crippen LogP contribution >= 0.6 is 11.3 Å². The fourth-order valence-electron chi connectivity index (χ4n) is 1.47. The predicted molar refractivity (Wildman–Crippen MR) is 67.1 cm³/mol. The minimum absolute atomic E-state index is 0.290. The molecule has 2 rings (SSSR count). The van der Waals surface area contributed by atoms with Crippen molar-refractivity contribution in [3.63, 3.8) is 0 Å². The van der Waals surface area contributed by atoms with E-state index in [1.54, 1.807) is 24.6 Å². The molecule has 3 nitrogen and oxygen atoms in total. The summed E-state index contributed by atoms with van der Waals surface area (Å²) in [5.74, 6) is 0.627. The number of hydrogen-bond donors (Lipinski definition) is 1. The Hall–Kier alpha value is -1.55. The molecular weight excluding hydrogens is 220 g/mol. The summed E-state index contributed by atoms with van der Waals surface area (Å²) in [6.45, 7) is 2.13. The van der Waals surface area contributed by atoms with Gasteiger partial charge in [-0.1, -0.05) is 0 Å². The molecule has 4 heteroatoms. The number of nitrogens with one attached hydrogen (secondary N) is 1. The molecule has 0 aromatic carbocycles. The van der Waals surface area contributed by atoms with E-state index < -0.39 is 0 Å². The van der Waals surface area contributed by atoms with E-state index in [1.165, 1.54) is 5.56 Å². The van der Waals surface area contributed by atoms with Crippen LogP contribution in [0.4, 0.5) is 5.69 Å². The average Bonchev–Trinajstić information content (AvgIpc) is 2.83. The zero-order valence-corrected chi connectivity index (χ0v) is 10.1. The molecule has 0 saturated heterocycles. The van der Waals surface area contributed by atoms with E-state index in [4.69, 9.17) is 4.74 Å². The quantitative estimate of drug-likeness (QED) is 0.881. The van der Waals surface area contributed by atoms with Crippen LogP contribution in [0.25, 0.3) is 0 Å². The van der Waals surface area contributed by atoms with E-state index in [9.17, 15) is 0 Å². The summed E-state index contributed by atoms with van der Waals surface area (Å²) in [5, 5.41) is 7.64. The Bertz CT molecular complexity index is 442. The molecule has 1 atom stereocenters. The van der Waals surface area contributed by atoms with Gasteiger partial charge in [-0.25, -0.2) is 4.98 Å². The van der Waals surface area contributed by atoms with Crippen LogP contribution in [-0.2, 0) is 0 Å². The maximum atomic E-state index is 5.08. The Morgan fingerprint density at radius 3 is 3.00 bits per heavy atom. The van der Waals surface area contributed by atoms with Gasteiger partial charge in [0.15, 0.2) is 0 Å². The number of methoxy groups -OCH3 is 1. The van der Waals surface area contributed by atoms with Gasteiger partial charge in [-0.05, 0) is 35.4 Å². The lowest BCUT2D eigenvalue weighted by Crippen LogP contribution is -2.05. The standard InChI is InChI=1S/C12H14N2OS/c1-9(10-4-6-16-8-10)14-11-3-5-13-12(7-11)15-2/h3-9H,1-2H3,(H,13,14). The van der Waals surface area contributed by atoms with Crippen LogP contribution in [0.3, 0.4) is 0 Å². The molecule has 1 N–H and O–H groups in total. The number of aromatic nitrogens is 1. The van der Waals surface area contributed by atoms with Gasteiger partial charge in [0.25, 0.3) is 0 Å². The Morgan fingerprint density at radius 1 is 1.44 bits per heavy atom. The van der Waals surface area contributed by atoms with E-state index in [0.717, 1.165) is 5.69 Å². The van der Waals surface area contributed by atoms with Gasteiger partial charge < -0.3 is 10.1 Å². The highest BCUT2D eigenvalue weighted by atomic mass is 32.1. The van der Waals surface area contributed by atoms with E-state index in [1.807, 2.05) is 12.1 Å². The number of anilines is 1. The molecule has 0 bridgehead atoms. The molecular formula is C12H14N2OS. The number of pyridine rings is 1. The average molecular weight is 234 g/mol. The number of thiophene rings is 1. The summed E-state index contributed by atoms with van der Waals surface area (Å²) in [6.07, 6.45) is 1.74. The second kappa shape index (κ2) is 4.99. The maximum absolute atomic E-state index is 5.08. The lowest BCUT2D eigenvalue weighted by molar-refractivity contribution is 0.398. The van der Waals surface area contributed by atoms with Gasteiger partial charge in [-0.3, -0.25) is 0 Å². The largest absolute Gasteiger partial charge is 0.481 e. The first kappa shape index (κ1) is 11.0. The van der Waals surface area contributed by atoms with Crippen LogP contribution in [0.1, 0.15) is 18.5 Å². The van der Waals surface area contributed by atoms with Crippen LogP contribution in [-0.4, -0.2) is 12.1 Å². The van der Waals surface area contributed by atoms with Crippen LogP contribution in [0.15, 0.2) is 35.2 Å². The lowest BCUT2D eigenvalue weighted by Gasteiger charge is -2.14. The summed E-state index contributed by atoms with van der Waals surface area (Å²) < 4.78 is 5.08. The molecule has 16 heavy (non-hydrogen) atoms. The smallest absolute Gasteiger partial charge is 0.214 e. The van der Waals surface area contributed by atoms with Gasteiger partial charge in [0.1, 0.15) is 0 Å². The Balaban J connectivity index is 2.08. The van der Waals surface area contributed by atoms with Crippen LogP contribution < -0.4 is 10.1 Å². The van der Waals surface area contributed by atoms with Crippen molar-refractivity contribution in [1.82, 2.24) is 4.98 Å². The lowest BCUT2D eigenvalue weighted by atomic mass is 10.2. The van der Waals surface area contributed by atoms with E-state index in [-0.39, 0.29) is 0 Å². The second-order valence-corrected chi connectivity index (χ2v) is 4.29. The molecule has 2 heterocycles. The van der Waals surface area contributed by atoms with Gasteiger partial charge in [-0.15, -0.1) is 0 Å². The number of rotatable bonds is 4. The first-order chi connectivity index (χ1) is 7.79. The van der Waals surface area contributed by atoms with Gasteiger partial charge in [0, 0.05) is 24.0 Å². The third-order valence-corrected chi connectivity index (χ3v) is 3.07. The van der Waals surface area contributed by atoms with Crippen LogP contribution in [0, 0.1) is 0 Å². The van der Waals surface area contributed by atoms with Crippen LogP contribution in [0.2, 0.25) is 0 Å². The number of hydrogen-bond acceptors (Lipinski definition) is 4. The molecule has 0 aliphatic rings. The zero-order chi connectivity index (χ0) is 11.4. The van der Waals surface area contributed by atoms with E-state index in [2.05, 4.69) is 34.1 Å². The van der Waals surface area contributed by atoms with E-state index >= 15 is 0 Å². The number of ether oxygens (including phenoxy) is 1. The summed E-state index contributed by atoms with van der Waals surface area (Å²) in [5.41, 5.74) is 2.31. The monoisotopic (exact) mass is 234 g/mol. The highest BCUT2D eigenvalue weighted by Crippen LogP contribution is 2.22. The minimum atomic E-state index is 0.290. The molecule has 2 aromatic heterocycles. The Kier molecular flexibility index (Phi) is 3.41. The first-order valence-electron chi connectivity index (χ1n) is 5.08. The molecule has 1 unspecified atom stereocenters. The molecule has 0 aliphatic carbocycles. The summed E-state index contributed by atoms with van der Waals surface area (Å²) in [6, 6.07) is 6.24. The van der Waals surface area contributed by atoms with Crippen molar-refractivity contribution in [2.45, 2.75) is 13.0 Å². The van der Waals surface area contributed by atoms with Crippen molar-refractivity contribution < 1.29 is 4.74 Å². The van der Waals surface area contributed by atoms with Crippen molar-refractivity contribution in [3.05, 3.63) is 40.7 Å². The molecule has 0 fully saturated rings. The SMILES string of the molecule is COc1cc(NC(C)c2ccsc2)ccn1. The molecule has 0 saturated carbocycles. The molecule has 2 aromatic rings. The zero-order valence-electron chi connectivity index (χ0n) is 9.31. The molecule has 0 radical (unpaired) electrons. The third-order valence-electron chi connectivity index (χ3n) is 2.37. The van der Waals surface area contributed by atoms with Crippen molar-refractivity contribution in [2.75, 3.05) is 12.4 Å². The second-order valence-electron chi connectivity index (χ2n) is 3.51. The van der Waals surface area contributed by atoms with Crippen molar-refractivity contribution >= 4 is 17.0 Å². The van der Waals surface area contributed by atoms with Crippen molar-refractivity contribution in [2.24, 2.45) is 0 Å². The third kappa shape index (κ3) is 2.52. The molecule has 0 aliphatic heterocycles. The highest BCUT2D eigenvalue weighted by molar-refractivity contribution is 7.07.